The molecule has 0 aromatic heterocycles. The van der Waals surface area contributed by atoms with Gasteiger partial charge in [0.25, 0.3) is 0 Å². The Labute approximate surface area is 167 Å². The molecular formula is C22H34O4S. The Morgan fingerprint density at radius 1 is 1.07 bits per heavy atom. The molecular weight excluding hydrogens is 360 g/mol. The SMILES string of the molecule is CC(C)(C)c1cc(S[C@H]2CCCC[C@H]2OCC(=O)O)cc(C(C)(C)C)c1O. The van der Waals surface area contributed by atoms with Crippen LogP contribution < -0.4 is 0 Å². The first kappa shape index (κ1) is 22.1. The van der Waals surface area contributed by atoms with Crippen LogP contribution in [-0.4, -0.2) is 34.1 Å². The largest absolute Gasteiger partial charge is 0.507 e. The van der Waals surface area contributed by atoms with E-state index in [1.807, 2.05) is 0 Å². The molecule has 2 atom stereocenters. The Morgan fingerprint density at radius 3 is 2.07 bits per heavy atom. The van der Waals surface area contributed by atoms with Gasteiger partial charge in [-0.05, 0) is 35.8 Å². The summed E-state index contributed by atoms with van der Waals surface area (Å²) in [6, 6.07) is 4.19. The van der Waals surface area contributed by atoms with Gasteiger partial charge in [0, 0.05) is 21.3 Å². The number of hydrogen-bond donors (Lipinski definition) is 2. The van der Waals surface area contributed by atoms with Gasteiger partial charge in [0.1, 0.15) is 12.4 Å². The molecule has 1 fully saturated rings. The minimum Gasteiger partial charge on any atom is -0.507 e. The van der Waals surface area contributed by atoms with Crippen LogP contribution in [0.4, 0.5) is 0 Å². The highest BCUT2D eigenvalue weighted by Crippen LogP contribution is 2.44. The number of carboxylic acids is 1. The van der Waals surface area contributed by atoms with Gasteiger partial charge < -0.3 is 14.9 Å². The second-order valence-electron chi connectivity index (χ2n) is 9.55. The van der Waals surface area contributed by atoms with Crippen LogP contribution in [-0.2, 0) is 20.4 Å². The maximum Gasteiger partial charge on any atom is 0.329 e. The van der Waals surface area contributed by atoms with Gasteiger partial charge in [-0.15, -0.1) is 11.8 Å². The third-order valence-electron chi connectivity index (χ3n) is 5.05. The lowest BCUT2D eigenvalue weighted by Gasteiger charge is -2.32. The van der Waals surface area contributed by atoms with Crippen LogP contribution in [0.5, 0.6) is 5.75 Å². The van der Waals surface area contributed by atoms with E-state index in [0.717, 1.165) is 41.7 Å². The highest BCUT2D eigenvalue weighted by Gasteiger charge is 2.30. The topological polar surface area (TPSA) is 66.8 Å². The first-order chi connectivity index (χ1) is 12.4. The van der Waals surface area contributed by atoms with Crippen LogP contribution >= 0.6 is 11.8 Å². The lowest BCUT2D eigenvalue weighted by Crippen LogP contribution is -2.32. The molecule has 152 valence electrons. The molecule has 0 bridgehead atoms. The van der Waals surface area contributed by atoms with Crippen LogP contribution in [0.2, 0.25) is 0 Å². The lowest BCUT2D eigenvalue weighted by atomic mass is 9.79. The van der Waals surface area contributed by atoms with Crippen molar-refractivity contribution in [3.8, 4) is 5.75 Å². The molecule has 0 saturated heterocycles. The smallest absolute Gasteiger partial charge is 0.329 e. The summed E-state index contributed by atoms with van der Waals surface area (Å²) < 4.78 is 5.68. The average molecular weight is 395 g/mol. The number of ether oxygens (including phenoxy) is 1. The van der Waals surface area contributed by atoms with Crippen LogP contribution in [0.15, 0.2) is 17.0 Å². The molecule has 27 heavy (non-hydrogen) atoms. The van der Waals surface area contributed by atoms with Crippen molar-refractivity contribution in [1.29, 1.82) is 0 Å². The van der Waals surface area contributed by atoms with E-state index in [9.17, 15) is 9.90 Å². The number of benzene rings is 1. The Bertz CT molecular complexity index is 635. The molecule has 2 rings (SSSR count). The van der Waals surface area contributed by atoms with Crippen molar-refractivity contribution in [2.24, 2.45) is 0 Å². The van der Waals surface area contributed by atoms with E-state index >= 15 is 0 Å². The molecule has 0 radical (unpaired) electrons. The summed E-state index contributed by atoms with van der Waals surface area (Å²) in [5, 5.41) is 20.1. The standard InChI is InChI=1S/C22H34O4S/c1-21(2,3)15-11-14(12-16(20(15)25)22(4,5)6)27-18-10-8-7-9-17(18)26-13-19(23)24/h11-12,17-18,25H,7-10,13H2,1-6H3,(H,23,24)/t17-,18+/m1/s1. The molecule has 1 saturated carbocycles. The number of thioether (sulfide) groups is 1. The summed E-state index contributed by atoms with van der Waals surface area (Å²) in [5.74, 6) is -0.527. The molecule has 0 heterocycles. The van der Waals surface area contributed by atoms with Crippen molar-refractivity contribution in [2.45, 2.75) is 94.3 Å². The predicted octanol–water partition coefficient (Wildman–Crippen LogP) is 5.49. The summed E-state index contributed by atoms with van der Waals surface area (Å²) in [5.41, 5.74) is 1.59. The van der Waals surface area contributed by atoms with E-state index in [1.165, 1.54) is 0 Å². The third-order valence-corrected chi connectivity index (χ3v) is 6.40. The van der Waals surface area contributed by atoms with E-state index < -0.39 is 5.97 Å². The number of rotatable bonds is 5. The fourth-order valence-corrected chi connectivity index (χ4v) is 4.93. The van der Waals surface area contributed by atoms with Crippen molar-refractivity contribution in [3.63, 3.8) is 0 Å². The van der Waals surface area contributed by atoms with E-state index in [4.69, 9.17) is 9.84 Å². The average Bonchev–Trinajstić information content (AvgIpc) is 2.53. The number of phenols is 1. The molecule has 0 unspecified atom stereocenters. The third kappa shape index (κ3) is 5.89. The number of hydrogen-bond acceptors (Lipinski definition) is 4. The van der Waals surface area contributed by atoms with Crippen molar-refractivity contribution in [2.75, 3.05) is 6.61 Å². The highest BCUT2D eigenvalue weighted by atomic mass is 32.2. The van der Waals surface area contributed by atoms with Gasteiger partial charge >= 0.3 is 5.97 Å². The Kier molecular flexibility index (Phi) is 6.91. The van der Waals surface area contributed by atoms with E-state index in [0.29, 0.717) is 5.75 Å². The Hall–Kier alpha value is -1.20. The maximum atomic E-state index is 10.9. The van der Waals surface area contributed by atoms with E-state index in [1.54, 1.807) is 11.8 Å². The molecule has 1 aliphatic carbocycles. The van der Waals surface area contributed by atoms with Gasteiger partial charge in [0.2, 0.25) is 0 Å². The van der Waals surface area contributed by atoms with Crippen molar-refractivity contribution in [3.05, 3.63) is 23.3 Å². The number of carboxylic acid groups (broad SMARTS) is 1. The van der Waals surface area contributed by atoms with Crippen molar-refractivity contribution in [1.82, 2.24) is 0 Å². The fourth-order valence-electron chi connectivity index (χ4n) is 3.56. The molecule has 1 aromatic rings. The molecule has 5 heteroatoms. The molecule has 1 aliphatic rings. The number of aliphatic carboxylic acids is 1. The van der Waals surface area contributed by atoms with Gasteiger partial charge in [-0.2, -0.15) is 0 Å². The molecule has 1 aromatic carbocycles. The minimum atomic E-state index is -0.918. The highest BCUT2D eigenvalue weighted by molar-refractivity contribution is 8.00. The summed E-state index contributed by atoms with van der Waals surface area (Å²) >= 11 is 1.76. The number of aromatic hydroxyl groups is 1. The number of carbonyl (C=O) groups is 1. The van der Waals surface area contributed by atoms with Crippen LogP contribution in [0, 0.1) is 0 Å². The molecule has 0 spiro atoms. The summed E-state index contributed by atoms with van der Waals surface area (Å²) in [7, 11) is 0. The molecule has 2 N–H and O–H groups in total. The van der Waals surface area contributed by atoms with Gasteiger partial charge in [-0.25, -0.2) is 4.79 Å². The monoisotopic (exact) mass is 394 g/mol. The zero-order valence-electron chi connectivity index (χ0n) is 17.5. The molecule has 0 amide bonds. The van der Waals surface area contributed by atoms with Gasteiger partial charge in [0.05, 0.1) is 6.10 Å². The summed E-state index contributed by atoms with van der Waals surface area (Å²) in [6.07, 6.45) is 4.11. The zero-order valence-corrected chi connectivity index (χ0v) is 18.3. The van der Waals surface area contributed by atoms with Crippen molar-refractivity contribution < 1.29 is 19.7 Å². The fraction of sp³-hybridized carbons (Fsp3) is 0.682. The Morgan fingerprint density at radius 2 is 1.59 bits per heavy atom. The van der Waals surface area contributed by atoms with E-state index in [2.05, 4.69) is 53.7 Å². The normalized spacial score (nSPS) is 21.3. The second-order valence-corrected chi connectivity index (χ2v) is 10.9. The first-order valence-corrected chi connectivity index (χ1v) is 10.7. The van der Waals surface area contributed by atoms with Crippen molar-refractivity contribution >= 4 is 17.7 Å². The minimum absolute atomic E-state index is 0.0372. The predicted molar refractivity (Wildman–Crippen MR) is 111 cm³/mol. The maximum absolute atomic E-state index is 10.9. The van der Waals surface area contributed by atoms with Gasteiger partial charge in [-0.1, -0.05) is 54.4 Å². The second kappa shape index (κ2) is 8.44. The molecule has 0 aliphatic heterocycles. The molecule has 4 nitrogen and oxygen atoms in total. The van der Waals surface area contributed by atoms with E-state index in [-0.39, 0.29) is 28.8 Å². The summed E-state index contributed by atoms with van der Waals surface area (Å²) in [6.45, 7) is 12.4. The summed E-state index contributed by atoms with van der Waals surface area (Å²) in [4.78, 5) is 12.0. The quantitative estimate of drug-likeness (QED) is 0.691. The zero-order chi connectivity index (χ0) is 20.4. The van der Waals surface area contributed by atoms with Crippen LogP contribution in [0.1, 0.15) is 78.4 Å². The van der Waals surface area contributed by atoms with Gasteiger partial charge in [0.15, 0.2) is 0 Å². The number of phenolic OH excluding ortho intramolecular Hbond substituents is 1. The first-order valence-electron chi connectivity index (χ1n) is 9.77. The van der Waals surface area contributed by atoms with Crippen LogP contribution in [0.3, 0.4) is 0 Å². The van der Waals surface area contributed by atoms with Gasteiger partial charge in [-0.3, -0.25) is 0 Å². The van der Waals surface area contributed by atoms with Crippen LogP contribution in [0.25, 0.3) is 0 Å². The lowest BCUT2D eigenvalue weighted by molar-refractivity contribution is -0.144. The Balaban J connectivity index is 2.35.